The summed E-state index contributed by atoms with van der Waals surface area (Å²) < 4.78 is 0. The van der Waals surface area contributed by atoms with Crippen molar-refractivity contribution < 1.29 is 0 Å². The molecule has 0 spiro atoms. The first-order valence-corrected chi connectivity index (χ1v) is 8.50. The third kappa shape index (κ3) is 3.94. The molecule has 0 aromatic carbocycles. The van der Waals surface area contributed by atoms with E-state index in [-0.39, 0.29) is 0 Å². The van der Waals surface area contributed by atoms with E-state index in [1.54, 1.807) is 0 Å². The lowest BCUT2D eigenvalue weighted by molar-refractivity contribution is 0.0802. The van der Waals surface area contributed by atoms with Crippen LogP contribution in [0.25, 0.3) is 0 Å². The van der Waals surface area contributed by atoms with Crippen molar-refractivity contribution in [3.05, 3.63) is 0 Å². The first-order valence-electron chi connectivity index (χ1n) is 8.50. The molecule has 4 unspecified atom stereocenters. The third-order valence-corrected chi connectivity index (χ3v) is 5.73. The number of hydrazine groups is 1. The summed E-state index contributed by atoms with van der Waals surface area (Å²) in [5.74, 6) is 7.58. The van der Waals surface area contributed by atoms with Gasteiger partial charge in [0, 0.05) is 31.7 Å². The predicted molar refractivity (Wildman–Crippen MR) is 85.4 cm³/mol. The number of nitrogens with one attached hydrogen (secondary N) is 1. The molecule has 0 aromatic heterocycles. The molecule has 20 heavy (non-hydrogen) atoms. The minimum atomic E-state index is 0.485. The molecule has 2 aliphatic rings. The van der Waals surface area contributed by atoms with Crippen molar-refractivity contribution in [2.24, 2.45) is 17.7 Å². The van der Waals surface area contributed by atoms with E-state index in [9.17, 15) is 0 Å². The van der Waals surface area contributed by atoms with Crippen molar-refractivity contribution in [3.63, 3.8) is 0 Å². The van der Waals surface area contributed by atoms with Gasteiger partial charge in [-0.1, -0.05) is 32.6 Å². The number of hydrogen-bond acceptors (Lipinski definition) is 4. The summed E-state index contributed by atoms with van der Waals surface area (Å²) in [6.45, 7) is 5.89. The van der Waals surface area contributed by atoms with Gasteiger partial charge in [-0.05, 0) is 38.8 Å². The average Bonchev–Trinajstić information content (AvgIpc) is 2.48. The summed E-state index contributed by atoms with van der Waals surface area (Å²) in [6.07, 6.45) is 8.07. The van der Waals surface area contributed by atoms with Crippen LogP contribution in [-0.2, 0) is 0 Å². The second-order valence-corrected chi connectivity index (χ2v) is 7.02. The molecular weight excluding hydrogens is 248 g/mol. The van der Waals surface area contributed by atoms with Crippen LogP contribution in [0, 0.1) is 11.8 Å². The molecule has 0 radical (unpaired) electrons. The van der Waals surface area contributed by atoms with Gasteiger partial charge >= 0.3 is 0 Å². The lowest BCUT2D eigenvalue weighted by Gasteiger charge is -2.42. The van der Waals surface area contributed by atoms with Gasteiger partial charge < -0.3 is 9.80 Å². The highest BCUT2D eigenvalue weighted by molar-refractivity contribution is 4.89. The van der Waals surface area contributed by atoms with Gasteiger partial charge in [0.05, 0.1) is 0 Å². The summed E-state index contributed by atoms with van der Waals surface area (Å²) in [5, 5.41) is 0. The lowest BCUT2D eigenvalue weighted by Crippen LogP contribution is -2.54. The number of piperazine rings is 1. The molecule has 2 fully saturated rings. The number of likely N-dealkylation sites (N-methyl/N-ethyl adjacent to an activating group) is 2. The zero-order valence-corrected chi connectivity index (χ0v) is 13.6. The van der Waals surface area contributed by atoms with E-state index >= 15 is 0 Å². The average molecular weight is 282 g/mol. The number of rotatable bonds is 5. The highest BCUT2D eigenvalue weighted by Gasteiger charge is 2.33. The molecule has 2 rings (SSSR count). The third-order valence-electron chi connectivity index (χ3n) is 5.73. The van der Waals surface area contributed by atoms with Crippen molar-refractivity contribution in [3.8, 4) is 0 Å². The summed E-state index contributed by atoms with van der Waals surface area (Å²) in [7, 11) is 4.50. The topological polar surface area (TPSA) is 44.5 Å². The Kier molecular flexibility index (Phi) is 6.27. The fourth-order valence-electron chi connectivity index (χ4n) is 4.29. The molecule has 4 nitrogen and oxygen atoms in total. The predicted octanol–water partition coefficient (Wildman–Crippen LogP) is 1.67. The van der Waals surface area contributed by atoms with E-state index in [2.05, 4.69) is 36.2 Å². The van der Waals surface area contributed by atoms with E-state index in [1.165, 1.54) is 58.2 Å². The molecule has 3 N–H and O–H groups in total. The number of hydrogen-bond donors (Lipinski definition) is 2. The lowest BCUT2D eigenvalue weighted by atomic mass is 9.72. The zero-order chi connectivity index (χ0) is 14.5. The monoisotopic (exact) mass is 282 g/mol. The van der Waals surface area contributed by atoms with Crippen LogP contribution in [0.1, 0.15) is 45.4 Å². The molecule has 0 amide bonds. The van der Waals surface area contributed by atoms with Crippen molar-refractivity contribution in [1.29, 1.82) is 0 Å². The molecule has 0 aromatic rings. The fourth-order valence-corrected chi connectivity index (χ4v) is 4.29. The second kappa shape index (κ2) is 7.74. The van der Waals surface area contributed by atoms with Gasteiger partial charge in [-0.2, -0.15) is 0 Å². The maximum Gasteiger partial charge on any atom is 0.0256 e. The normalized spacial score (nSPS) is 35.1. The first-order chi connectivity index (χ1) is 9.65. The standard InChI is InChI=1S/C16H34N4/c1-4-13-7-5-6-8-15(13)16(18-17)11-14-12-19(2)9-10-20(14)3/h13-16,18H,4-12,17H2,1-3H3. The van der Waals surface area contributed by atoms with Crippen LogP contribution in [-0.4, -0.2) is 55.6 Å². The minimum absolute atomic E-state index is 0.485. The van der Waals surface area contributed by atoms with Crippen LogP contribution in [0.2, 0.25) is 0 Å². The Balaban J connectivity index is 1.96. The fraction of sp³-hybridized carbons (Fsp3) is 1.00. The number of nitrogens with zero attached hydrogens (tertiary/aromatic N) is 2. The van der Waals surface area contributed by atoms with Crippen LogP contribution in [0.15, 0.2) is 0 Å². The van der Waals surface area contributed by atoms with E-state index in [0.29, 0.717) is 12.1 Å². The smallest absolute Gasteiger partial charge is 0.0256 e. The summed E-state index contributed by atoms with van der Waals surface area (Å²) in [6, 6.07) is 1.13. The molecule has 1 saturated carbocycles. The molecule has 1 heterocycles. The van der Waals surface area contributed by atoms with Crippen molar-refractivity contribution >= 4 is 0 Å². The van der Waals surface area contributed by atoms with Crippen molar-refractivity contribution in [1.82, 2.24) is 15.2 Å². The Morgan fingerprint density at radius 2 is 1.95 bits per heavy atom. The minimum Gasteiger partial charge on any atom is -0.304 e. The Morgan fingerprint density at radius 3 is 2.65 bits per heavy atom. The summed E-state index contributed by atoms with van der Waals surface area (Å²) in [4.78, 5) is 4.98. The zero-order valence-electron chi connectivity index (χ0n) is 13.6. The van der Waals surface area contributed by atoms with Gasteiger partial charge in [0.15, 0.2) is 0 Å². The molecule has 1 aliphatic carbocycles. The van der Waals surface area contributed by atoms with Gasteiger partial charge in [-0.25, -0.2) is 0 Å². The SMILES string of the molecule is CCC1CCCCC1C(CC1CN(C)CCN1C)NN. The van der Waals surface area contributed by atoms with Crippen molar-refractivity contribution in [2.45, 2.75) is 57.5 Å². The molecule has 1 saturated heterocycles. The van der Waals surface area contributed by atoms with E-state index in [1.807, 2.05) is 0 Å². The molecule has 4 atom stereocenters. The van der Waals surface area contributed by atoms with Crippen LogP contribution in [0.3, 0.4) is 0 Å². The van der Waals surface area contributed by atoms with Crippen LogP contribution < -0.4 is 11.3 Å². The van der Waals surface area contributed by atoms with Gasteiger partial charge in [-0.3, -0.25) is 11.3 Å². The van der Waals surface area contributed by atoms with Gasteiger partial charge in [0.2, 0.25) is 0 Å². The molecule has 118 valence electrons. The highest BCUT2D eigenvalue weighted by atomic mass is 15.3. The quantitative estimate of drug-likeness (QED) is 0.595. The van der Waals surface area contributed by atoms with Crippen LogP contribution in [0.5, 0.6) is 0 Å². The maximum absolute atomic E-state index is 5.94. The van der Waals surface area contributed by atoms with Gasteiger partial charge in [-0.15, -0.1) is 0 Å². The highest BCUT2D eigenvalue weighted by Crippen LogP contribution is 2.36. The first kappa shape index (κ1) is 16.2. The van der Waals surface area contributed by atoms with E-state index in [4.69, 9.17) is 5.84 Å². The van der Waals surface area contributed by atoms with Crippen molar-refractivity contribution in [2.75, 3.05) is 33.7 Å². The molecule has 1 aliphatic heterocycles. The van der Waals surface area contributed by atoms with Crippen LogP contribution >= 0.6 is 0 Å². The summed E-state index contributed by atoms with van der Waals surface area (Å²) in [5.41, 5.74) is 3.17. The molecule has 4 heteroatoms. The Labute approximate surface area is 125 Å². The van der Waals surface area contributed by atoms with E-state index in [0.717, 1.165) is 11.8 Å². The van der Waals surface area contributed by atoms with E-state index < -0.39 is 0 Å². The molecular formula is C16H34N4. The Bertz CT molecular complexity index is 284. The maximum atomic E-state index is 5.94. The number of nitrogens with two attached hydrogens (primary N) is 1. The van der Waals surface area contributed by atoms with Crippen LogP contribution in [0.4, 0.5) is 0 Å². The largest absolute Gasteiger partial charge is 0.304 e. The van der Waals surface area contributed by atoms with Gasteiger partial charge in [0.1, 0.15) is 0 Å². The van der Waals surface area contributed by atoms with Gasteiger partial charge in [0.25, 0.3) is 0 Å². The Morgan fingerprint density at radius 1 is 1.20 bits per heavy atom. The second-order valence-electron chi connectivity index (χ2n) is 7.02. The summed E-state index contributed by atoms with van der Waals surface area (Å²) >= 11 is 0. The Hall–Kier alpha value is -0.160. The molecule has 0 bridgehead atoms.